The predicted molar refractivity (Wildman–Crippen MR) is 139 cm³/mol. The molecule has 0 amide bonds. The Hall–Kier alpha value is -2.41. The Balaban J connectivity index is 1.97. The molecule has 35 heavy (non-hydrogen) atoms. The van der Waals surface area contributed by atoms with Gasteiger partial charge in [0.15, 0.2) is 0 Å². The van der Waals surface area contributed by atoms with E-state index in [0.29, 0.717) is 24.4 Å². The number of benzene rings is 2. The highest BCUT2D eigenvalue weighted by Crippen LogP contribution is 2.34. The van der Waals surface area contributed by atoms with Crippen LogP contribution >= 0.6 is 0 Å². The van der Waals surface area contributed by atoms with Gasteiger partial charge in [0.1, 0.15) is 16.7 Å². The van der Waals surface area contributed by atoms with E-state index < -0.39 is 16.1 Å². The first kappa shape index (κ1) is 27.2. The fourth-order valence-electron chi connectivity index (χ4n) is 4.09. The molecule has 2 aromatic carbocycles. The Bertz CT molecular complexity index is 1140. The minimum atomic E-state index is -3.86. The lowest BCUT2D eigenvalue weighted by Gasteiger charge is -2.37. The van der Waals surface area contributed by atoms with Gasteiger partial charge in [-0.1, -0.05) is 49.1 Å². The minimum absolute atomic E-state index is 0.103. The van der Waals surface area contributed by atoms with E-state index in [1.165, 1.54) is 9.87 Å². The number of hydrogen-bond donors (Lipinski definition) is 1. The number of rotatable bonds is 7. The van der Waals surface area contributed by atoms with Crippen LogP contribution in [0.4, 0.5) is 0 Å². The standard InChI is InChI=1S/C27H37N3O4S/c1-21-17-30(22(2)20-31)35(32,33)27-14-13-23(12-9-15-28(3)4)16-25(27)34-26(21)19-29(5)18-24-10-7-6-8-11-24/h6-8,10-11,13-14,16,21-22,26,31H,15,17-20H2,1-5H3/t21-,22+,26+/m0/s1. The van der Waals surface area contributed by atoms with Crippen molar-refractivity contribution in [1.29, 1.82) is 0 Å². The number of sulfonamides is 1. The third-order valence-electron chi connectivity index (χ3n) is 6.08. The second kappa shape index (κ2) is 12.0. The zero-order valence-corrected chi connectivity index (χ0v) is 22.1. The van der Waals surface area contributed by atoms with E-state index in [1.807, 2.05) is 51.2 Å². The maximum atomic E-state index is 13.6. The Morgan fingerprint density at radius 2 is 1.89 bits per heavy atom. The van der Waals surface area contributed by atoms with Crippen molar-refractivity contribution in [1.82, 2.24) is 14.1 Å². The molecule has 8 heteroatoms. The molecule has 0 saturated carbocycles. The molecule has 1 aliphatic rings. The van der Waals surface area contributed by atoms with Gasteiger partial charge in [0.05, 0.1) is 13.2 Å². The molecule has 0 aromatic heterocycles. The van der Waals surface area contributed by atoms with Crippen molar-refractivity contribution < 1.29 is 18.3 Å². The Kier molecular flexibility index (Phi) is 9.34. The summed E-state index contributed by atoms with van der Waals surface area (Å²) < 4.78 is 35.0. The quantitative estimate of drug-likeness (QED) is 0.591. The fourth-order valence-corrected chi connectivity index (χ4v) is 5.91. The summed E-state index contributed by atoms with van der Waals surface area (Å²) in [6.45, 7) is 5.71. The highest BCUT2D eigenvalue weighted by Gasteiger charge is 2.38. The van der Waals surface area contributed by atoms with Crippen molar-refractivity contribution in [2.45, 2.75) is 37.4 Å². The number of hydrogen-bond acceptors (Lipinski definition) is 6. The summed E-state index contributed by atoms with van der Waals surface area (Å²) >= 11 is 0. The van der Waals surface area contributed by atoms with Crippen LogP contribution in [0, 0.1) is 17.8 Å². The predicted octanol–water partition coefficient (Wildman–Crippen LogP) is 2.50. The van der Waals surface area contributed by atoms with Crippen molar-refractivity contribution >= 4 is 10.0 Å². The van der Waals surface area contributed by atoms with Crippen LogP contribution in [0.5, 0.6) is 5.75 Å². The third kappa shape index (κ3) is 7.06. The first-order valence-corrected chi connectivity index (χ1v) is 13.3. The Morgan fingerprint density at radius 1 is 1.17 bits per heavy atom. The summed E-state index contributed by atoms with van der Waals surface area (Å²) in [7, 11) is 2.07. The highest BCUT2D eigenvalue weighted by molar-refractivity contribution is 7.89. The zero-order chi connectivity index (χ0) is 25.6. The molecule has 190 valence electrons. The maximum absolute atomic E-state index is 13.6. The number of aliphatic hydroxyl groups is 1. The van der Waals surface area contributed by atoms with Gasteiger partial charge in [-0.25, -0.2) is 8.42 Å². The van der Waals surface area contributed by atoms with Crippen LogP contribution < -0.4 is 4.74 Å². The molecule has 0 radical (unpaired) electrons. The molecule has 2 aromatic rings. The topological polar surface area (TPSA) is 73.3 Å². The summed E-state index contributed by atoms with van der Waals surface area (Å²) in [4.78, 5) is 4.27. The molecule has 0 fully saturated rings. The second-order valence-electron chi connectivity index (χ2n) is 9.62. The van der Waals surface area contributed by atoms with E-state index in [4.69, 9.17) is 4.74 Å². The highest BCUT2D eigenvalue weighted by atomic mass is 32.2. The lowest BCUT2D eigenvalue weighted by atomic mass is 10.0. The van der Waals surface area contributed by atoms with E-state index in [2.05, 4.69) is 28.9 Å². The lowest BCUT2D eigenvalue weighted by Crippen LogP contribution is -2.49. The Morgan fingerprint density at radius 3 is 2.54 bits per heavy atom. The smallest absolute Gasteiger partial charge is 0.247 e. The van der Waals surface area contributed by atoms with Crippen molar-refractivity contribution in [2.24, 2.45) is 5.92 Å². The minimum Gasteiger partial charge on any atom is -0.487 e. The fraction of sp³-hybridized carbons (Fsp3) is 0.481. The molecule has 0 bridgehead atoms. The van der Waals surface area contributed by atoms with Crippen molar-refractivity contribution in [2.75, 3.05) is 47.4 Å². The monoisotopic (exact) mass is 499 g/mol. The molecule has 0 spiro atoms. The van der Waals surface area contributed by atoms with E-state index in [-0.39, 0.29) is 30.1 Å². The van der Waals surface area contributed by atoms with Gasteiger partial charge in [-0.3, -0.25) is 9.80 Å². The molecule has 1 N–H and O–H groups in total. The van der Waals surface area contributed by atoms with Crippen LogP contribution in [0.15, 0.2) is 53.4 Å². The number of aliphatic hydroxyl groups excluding tert-OH is 1. The van der Waals surface area contributed by atoms with Gasteiger partial charge in [-0.15, -0.1) is 0 Å². The van der Waals surface area contributed by atoms with E-state index in [0.717, 1.165) is 6.54 Å². The van der Waals surface area contributed by atoms with Crippen LogP contribution in [-0.2, 0) is 16.6 Å². The summed E-state index contributed by atoms with van der Waals surface area (Å²) in [5.41, 5.74) is 1.90. The largest absolute Gasteiger partial charge is 0.487 e. The van der Waals surface area contributed by atoms with Crippen molar-refractivity contribution in [3.63, 3.8) is 0 Å². The molecule has 1 aliphatic heterocycles. The number of ether oxygens (including phenoxy) is 1. The van der Waals surface area contributed by atoms with E-state index in [1.54, 1.807) is 25.1 Å². The SMILES string of the molecule is C[C@H](CO)N1C[C@H](C)[C@@H](CN(C)Cc2ccccc2)Oc2cc(C#CCN(C)C)ccc2S1(=O)=O. The number of nitrogens with zero attached hydrogens (tertiary/aromatic N) is 3. The van der Waals surface area contributed by atoms with Crippen molar-refractivity contribution in [3.05, 3.63) is 59.7 Å². The first-order valence-electron chi connectivity index (χ1n) is 11.9. The molecule has 1 heterocycles. The zero-order valence-electron chi connectivity index (χ0n) is 21.3. The molecular formula is C27H37N3O4S. The molecule has 0 unspecified atom stereocenters. The van der Waals surface area contributed by atoms with E-state index >= 15 is 0 Å². The average molecular weight is 500 g/mol. The second-order valence-corrected chi connectivity index (χ2v) is 11.5. The molecule has 0 saturated heterocycles. The number of likely N-dealkylation sites (N-methyl/N-ethyl adjacent to an activating group) is 1. The third-order valence-corrected chi connectivity index (χ3v) is 8.10. The first-order chi connectivity index (χ1) is 16.6. The van der Waals surface area contributed by atoms with Crippen molar-refractivity contribution in [3.8, 4) is 17.6 Å². The summed E-state index contributed by atoms with van der Waals surface area (Å²) in [5, 5.41) is 9.81. The van der Waals surface area contributed by atoms with Gasteiger partial charge < -0.3 is 9.84 Å². The number of fused-ring (bicyclic) bond motifs is 1. The van der Waals surface area contributed by atoms with Crippen LogP contribution in [0.25, 0.3) is 0 Å². The average Bonchev–Trinajstić information content (AvgIpc) is 2.81. The normalized spacial score (nSPS) is 20.8. The molecule has 7 nitrogen and oxygen atoms in total. The van der Waals surface area contributed by atoms with E-state index in [9.17, 15) is 13.5 Å². The van der Waals surface area contributed by atoms with Gasteiger partial charge in [-0.2, -0.15) is 4.31 Å². The maximum Gasteiger partial charge on any atom is 0.247 e. The molecule has 3 rings (SSSR count). The van der Waals surface area contributed by atoms with Gasteiger partial charge in [-0.05, 0) is 51.8 Å². The van der Waals surface area contributed by atoms with Crippen LogP contribution in [0.2, 0.25) is 0 Å². The Labute approximate surface area is 210 Å². The molecular weight excluding hydrogens is 462 g/mol. The molecule has 0 aliphatic carbocycles. The summed E-state index contributed by atoms with van der Waals surface area (Å²) in [6.07, 6.45) is -0.253. The van der Waals surface area contributed by atoms with Crippen LogP contribution in [0.3, 0.4) is 0 Å². The molecule has 3 atom stereocenters. The van der Waals surface area contributed by atoms with Crippen LogP contribution in [-0.4, -0.2) is 87.2 Å². The summed E-state index contributed by atoms with van der Waals surface area (Å²) in [6, 6.07) is 14.7. The van der Waals surface area contributed by atoms with Gasteiger partial charge in [0, 0.05) is 37.2 Å². The van der Waals surface area contributed by atoms with Gasteiger partial charge >= 0.3 is 0 Å². The lowest BCUT2D eigenvalue weighted by molar-refractivity contribution is 0.0733. The summed E-state index contributed by atoms with van der Waals surface area (Å²) in [5.74, 6) is 6.40. The van der Waals surface area contributed by atoms with Gasteiger partial charge in [0.25, 0.3) is 0 Å². The van der Waals surface area contributed by atoms with Gasteiger partial charge in [0.2, 0.25) is 10.0 Å². The van der Waals surface area contributed by atoms with Crippen LogP contribution in [0.1, 0.15) is 25.0 Å².